The first-order valence-corrected chi connectivity index (χ1v) is 7.67. The summed E-state index contributed by atoms with van der Waals surface area (Å²) >= 11 is 3.27. The maximum absolute atomic E-state index is 10.1. The van der Waals surface area contributed by atoms with Gasteiger partial charge in [0.05, 0.1) is 6.10 Å². The zero-order valence-electron chi connectivity index (χ0n) is 11.0. The molecule has 2 rings (SSSR count). The lowest BCUT2D eigenvalue weighted by Gasteiger charge is -2.18. The van der Waals surface area contributed by atoms with Crippen LogP contribution < -0.4 is 5.32 Å². The van der Waals surface area contributed by atoms with Crippen LogP contribution in [0.2, 0.25) is 0 Å². The number of rotatable bonds is 6. The van der Waals surface area contributed by atoms with E-state index in [-0.39, 0.29) is 0 Å². The third-order valence-electron chi connectivity index (χ3n) is 3.06. The number of nitrogens with one attached hydrogen (secondary N) is 1. The second-order valence-electron chi connectivity index (χ2n) is 4.61. The van der Waals surface area contributed by atoms with E-state index in [1.165, 1.54) is 0 Å². The van der Waals surface area contributed by atoms with E-state index in [1.807, 2.05) is 54.6 Å². The van der Waals surface area contributed by atoms with E-state index in [9.17, 15) is 10.2 Å². The number of hydrogen-bond acceptors (Lipinski definition) is 3. The lowest BCUT2D eigenvalue weighted by molar-refractivity contribution is 0.0174. The molecule has 2 aromatic carbocycles. The molecule has 4 heteroatoms. The molecule has 0 aliphatic carbocycles. The largest absolute Gasteiger partial charge is 0.390 e. The van der Waals surface area contributed by atoms with E-state index in [0.717, 1.165) is 11.4 Å². The Bertz CT molecular complexity index is 533. The van der Waals surface area contributed by atoms with Crippen LogP contribution in [0.25, 0.3) is 0 Å². The van der Waals surface area contributed by atoms with E-state index in [4.69, 9.17) is 0 Å². The van der Waals surface area contributed by atoms with Crippen molar-refractivity contribution in [2.24, 2.45) is 0 Å². The highest BCUT2D eigenvalue weighted by atomic mass is 79.9. The Morgan fingerprint density at radius 3 is 2.35 bits per heavy atom. The van der Waals surface area contributed by atoms with Crippen LogP contribution in [-0.2, 0) is 0 Å². The number of anilines is 2. The van der Waals surface area contributed by atoms with Gasteiger partial charge < -0.3 is 15.5 Å². The molecule has 2 atom stereocenters. The van der Waals surface area contributed by atoms with Gasteiger partial charge in [0.1, 0.15) is 6.10 Å². The lowest BCUT2D eigenvalue weighted by Crippen LogP contribution is -2.18. The van der Waals surface area contributed by atoms with Crippen molar-refractivity contribution in [3.63, 3.8) is 0 Å². The number of hydrogen-bond donors (Lipinski definition) is 3. The molecule has 20 heavy (non-hydrogen) atoms. The van der Waals surface area contributed by atoms with Crippen molar-refractivity contribution < 1.29 is 10.2 Å². The van der Waals surface area contributed by atoms with E-state index in [1.54, 1.807) is 0 Å². The van der Waals surface area contributed by atoms with Crippen molar-refractivity contribution in [2.45, 2.75) is 18.6 Å². The first kappa shape index (κ1) is 15.0. The SMILES string of the molecule is OC(CCBr)C(O)c1cccc(Nc2ccccc2)c1. The zero-order valence-corrected chi connectivity index (χ0v) is 12.6. The molecular formula is C16H18BrNO2. The topological polar surface area (TPSA) is 52.5 Å². The van der Waals surface area contributed by atoms with Crippen molar-refractivity contribution in [1.29, 1.82) is 0 Å². The van der Waals surface area contributed by atoms with Gasteiger partial charge in [0.25, 0.3) is 0 Å². The van der Waals surface area contributed by atoms with Gasteiger partial charge in [-0.3, -0.25) is 0 Å². The van der Waals surface area contributed by atoms with Gasteiger partial charge >= 0.3 is 0 Å². The Labute approximate surface area is 127 Å². The molecule has 0 spiro atoms. The smallest absolute Gasteiger partial charge is 0.105 e. The standard InChI is InChI=1S/C16H18BrNO2/c17-10-9-15(19)16(20)12-5-4-8-14(11-12)18-13-6-2-1-3-7-13/h1-8,11,15-16,18-20H,9-10H2. The van der Waals surface area contributed by atoms with Gasteiger partial charge in [-0.25, -0.2) is 0 Å². The summed E-state index contributed by atoms with van der Waals surface area (Å²) in [5, 5.41) is 23.9. The van der Waals surface area contributed by atoms with Crippen LogP contribution in [0.1, 0.15) is 18.1 Å². The molecule has 0 saturated heterocycles. The van der Waals surface area contributed by atoms with Crippen molar-refractivity contribution in [3.05, 3.63) is 60.2 Å². The fourth-order valence-corrected chi connectivity index (χ4v) is 2.45. The second-order valence-corrected chi connectivity index (χ2v) is 5.40. The van der Waals surface area contributed by atoms with Gasteiger partial charge in [0.2, 0.25) is 0 Å². The minimum atomic E-state index is -0.870. The van der Waals surface area contributed by atoms with Crippen LogP contribution in [0, 0.1) is 0 Å². The maximum Gasteiger partial charge on any atom is 0.105 e. The van der Waals surface area contributed by atoms with Gasteiger partial charge in [-0.1, -0.05) is 46.3 Å². The second kappa shape index (κ2) is 7.43. The molecule has 0 heterocycles. The molecule has 0 aliphatic heterocycles. The average Bonchev–Trinajstić information content (AvgIpc) is 2.48. The zero-order chi connectivity index (χ0) is 14.4. The highest BCUT2D eigenvalue weighted by Gasteiger charge is 2.17. The van der Waals surface area contributed by atoms with Crippen molar-refractivity contribution in [2.75, 3.05) is 10.6 Å². The fraction of sp³-hybridized carbons (Fsp3) is 0.250. The predicted molar refractivity (Wildman–Crippen MR) is 85.5 cm³/mol. The summed E-state index contributed by atoms with van der Waals surface area (Å²) in [7, 11) is 0. The molecule has 0 fully saturated rings. The van der Waals surface area contributed by atoms with Crippen LogP contribution in [0.5, 0.6) is 0 Å². The summed E-state index contributed by atoms with van der Waals surface area (Å²) in [4.78, 5) is 0. The van der Waals surface area contributed by atoms with Crippen LogP contribution in [-0.4, -0.2) is 21.6 Å². The third kappa shape index (κ3) is 4.07. The average molecular weight is 336 g/mol. The van der Waals surface area contributed by atoms with E-state index in [2.05, 4.69) is 21.2 Å². The normalized spacial score (nSPS) is 13.8. The molecule has 0 aromatic heterocycles. The van der Waals surface area contributed by atoms with E-state index < -0.39 is 12.2 Å². The molecule has 3 N–H and O–H groups in total. The summed E-state index contributed by atoms with van der Waals surface area (Å²) in [6.07, 6.45) is -1.12. The third-order valence-corrected chi connectivity index (χ3v) is 3.52. The minimum absolute atomic E-state index is 0.511. The van der Waals surface area contributed by atoms with E-state index >= 15 is 0 Å². The van der Waals surface area contributed by atoms with Gasteiger partial charge in [-0.05, 0) is 36.2 Å². The number of alkyl halides is 1. The number of halogens is 1. The van der Waals surface area contributed by atoms with Crippen LogP contribution in [0.4, 0.5) is 11.4 Å². The summed E-state index contributed by atoms with van der Waals surface area (Å²) in [6.45, 7) is 0. The quantitative estimate of drug-likeness (QED) is 0.707. The van der Waals surface area contributed by atoms with Crippen LogP contribution >= 0.6 is 15.9 Å². The Kier molecular flexibility index (Phi) is 5.59. The number of benzene rings is 2. The maximum atomic E-state index is 10.1. The first-order valence-electron chi connectivity index (χ1n) is 6.55. The number of aliphatic hydroxyl groups is 2. The van der Waals surface area contributed by atoms with Crippen molar-refractivity contribution in [1.82, 2.24) is 0 Å². The molecule has 0 saturated carbocycles. The molecule has 0 radical (unpaired) electrons. The Morgan fingerprint density at radius 1 is 0.950 bits per heavy atom. The Morgan fingerprint density at radius 2 is 1.65 bits per heavy atom. The number of para-hydroxylation sites is 1. The van der Waals surface area contributed by atoms with Crippen molar-refractivity contribution in [3.8, 4) is 0 Å². The Hall–Kier alpha value is -1.36. The molecule has 0 aliphatic rings. The summed E-state index contributed by atoms with van der Waals surface area (Å²) in [6, 6.07) is 17.3. The molecule has 0 amide bonds. The Balaban J connectivity index is 2.11. The van der Waals surface area contributed by atoms with Gasteiger partial charge in [-0.15, -0.1) is 0 Å². The van der Waals surface area contributed by atoms with Gasteiger partial charge in [0.15, 0.2) is 0 Å². The minimum Gasteiger partial charge on any atom is -0.390 e. The molecule has 106 valence electrons. The molecule has 0 bridgehead atoms. The summed E-state index contributed by atoms with van der Waals surface area (Å²) in [5.41, 5.74) is 2.58. The highest BCUT2D eigenvalue weighted by Crippen LogP contribution is 2.24. The number of aliphatic hydroxyl groups excluding tert-OH is 2. The lowest BCUT2D eigenvalue weighted by atomic mass is 10.0. The first-order chi connectivity index (χ1) is 9.70. The van der Waals surface area contributed by atoms with Crippen LogP contribution in [0.15, 0.2) is 54.6 Å². The van der Waals surface area contributed by atoms with E-state index in [0.29, 0.717) is 17.3 Å². The summed E-state index contributed by atoms with van der Waals surface area (Å²) in [5.74, 6) is 0. The summed E-state index contributed by atoms with van der Waals surface area (Å²) < 4.78 is 0. The van der Waals surface area contributed by atoms with Gasteiger partial charge in [0, 0.05) is 16.7 Å². The molecular weight excluding hydrogens is 318 g/mol. The molecule has 3 nitrogen and oxygen atoms in total. The van der Waals surface area contributed by atoms with Crippen LogP contribution in [0.3, 0.4) is 0 Å². The van der Waals surface area contributed by atoms with Crippen molar-refractivity contribution >= 4 is 27.3 Å². The highest BCUT2D eigenvalue weighted by molar-refractivity contribution is 9.09. The molecule has 2 unspecified atom stereocenters. The van der Waals surface area contributed by atoms with Gasteiger partial charge in [-0.2, -0.15) is 0 Å². The fourth-order valence-electron chi connectivity index (χ4n) is 1.98. The monoisotopic (exact) mass is 335 g/mol. The predicted octanol–water partition coefficient (Wildman–Crippen LogP) is 3.61. The molecule has 2 aromatic rings.